The molecule has 6 atom stereocenters. The Bertz CT molecular complexity index is 703. The van der Waals surface area contributed by atoms with E-state index < -0.39 is 0 Å². The van der Waals surface area contributed by atoms with Crippen molar-refractivity contribution in [1.82, 2.24) is 4.90 Å². The Balaban J connectivity index is 1.45. The Hall–Kier alpha value is -1.09. The number of aliphatic hydroxyl groups excluding tert-OH is 1. The summed E-state index contributed by atoms with van der Waals surface area (Å²) in [6, 6.07) is 0. The molecule has 4 fully saturated rings. The zero-order chi connectivity index (χ0) is 18.8. The van der Waals surface area contributed by atoms with E-state index in [1.807, 2.05) is 0 Å². The van der Waals surface area contributed by atoms with E-state index in [-0.39, 0.29) is 16.9 Å². The summed E-state index contributed by atoms with van der Waals surface area (Å²) in [5.41, 5.74) is 2.75. The first-order valence-electron chi connectivity index (χ1n) is 11.3. The maximum Gasteiger partial charge on any atom is 0.166 e. The van der Waals surface area contributed by atoms with Crippen molar-refractivity contribution in [1.29, 1.82) is 0 Å². The fourth-order valence-corrected chi connectivity index (χ4v) is 7.52. The Labute approximate surface area is 163 Å². The molecule has 1 heterocycles. The van der Waals surface area contributed by atoms with Gasteiger partial charge in [-0.05, 0) is 81.0 Å². The highest BCUT2D eigenvalue weighted by molar-refractivity contribution is 6.02. The number of fused-ring (bicyclic) bond motifs is 5. The van der Waals surface area contributed by atoms with E-state index >= 15 is 0 Å². The quantitative estimate of drug-likeness (QED) is 0.548. The van der Waals surface area contributed by atoms with Crippen LogP contribution in [0.5, 0.6) is 0 Å². The smallest absolute Gasteiger partial charge is 0.166 e. The van der Waals surface area contributed by atoms with Crippen molar-refractivity contribution >= 4 is 5.78 Å². The molecule has 0 radical (unpaired) electrons. The van der Waals surface area contributed by atoms with Crippen LogP contribution in [0.1, 0.15) is 71.6 Å². The van der Waals surface area contributed by atoms with Gasteiger partial charge in [-0.2, -0.15) is 0 Å². The predicted molar refractivity (Wildman–Crippen MR) is 107 cm³/mol. The molecule has 0 aromatic carbocycles. The van der Waals surface area contributed by atoms with Gasteiger partial charge in [-0.1, -0.05) is 25.5 Å². The van der Waals surface area contributed by atoms with Crippen molar-refractivity contribution in [2.24, 2.45) is 28.6 Å². The minimum atomic E-state index is -0.141. The average molecular weight is 370 g/mol. The van der Waals surface area contributed by atoms with Crippen molar-refractivity contribution in [2.45, 2.75) is 77.7 Å². The zero-order valence-corrected chi connectivity index (χ0v) is 17.0. The van der Waals surface area contributed by atoms with E-state index in [0.29, 0.717) is 23.5 Å². The number of rotatable bonds is 1. The van der Waals surface area contributed by atoms with Crippen LogP contribution in [-0.2, 0) is 4.79 Å². The second-order valence-corrected chi connectivity index (χ2v) is 10.5. The van der Waals surface area contributed by atoms with Crippen LogP contribution < -0.4 is 0 Å². The number of carbonyl (C=O) groups excluding carboxylic acids is 1. The van der Waals surface area contributed by atoms with E-state index in [2.05, 4.69) is 31.0 Å². The molecule has 0 amide bonds. The van der Waals surface area contributed by atoms with Gasteiger partial charge in [0.1, 0.15) is 0 Å². The second-order valence-electron chi connectivity index (χ2n) is 10.5. The molecule has 27 heavy (non-hydrogen) atoms. The third kappa shape index (κ3) is 2.60. The highest BCUT2D eigenvalue weighted by Gasteiger charge is 2.59. The first kappa shape index (κ1) is 18.0. The van der Waals surface area contributed by atoms with Crippen molar-refractivity contribution in [3.8, 4) is 0 Å². The van der Waals surface area contributed by atoms with Crippen LogP contribution in [0.25, 0.3) is 0 Å². The van der Waals surface area contributed by atoms with Crippen LogP contribution in [0, 0.1) is 28.6 Å². The Kier molecular flexibility index (Phi) is 4.13. The summed E-state index contributed by atoms with van der Waals surface area (Å²) in [6.07, 6.45) is 14.4. The van der Waals surface area contributed by atoms with E-state index in [0.717, 1.165) is 57.2 Å². The maximum atomic E-state index is 13.4. The van der Waals surface area contributed by atoms with Crippen LogP contribution in [0.4, 0.5) is 0 Å². The van der Waals surface area contributed by atoms with Gasteiger partial charge < -0.3 is 10.0 Å². The fourth-order valence-electron chi connectivity index (χ4n) is 7.52. The average Bonchev–Trinajstić information content (AvgIpc) is 3.24. The molecular weight excluding hydrogens is 334 g/mol. The minimum absolute atomic E-state index is 0.136. The molecule has 5 aliphatic rings. The number of ketones is 1. The van der Waals surface area contributed by atoms with Crippen LogP contribution in [0.3, 0.4) is 0 Å². The lowest BCUT2D eigenvalue weighted by Gasteiger charge is -2.56. The standard InChI is InChI=1S/C24H35NO2/c1-23-9-7-18(26)14-17(23)5-6-19-20(23)8-10-24(2)21(19)13-16(22(24)27)15-25-11-3-4-12-25/h5,15,18-21,26H,3-4,6-14H2,1-2H3/b16-15-. The van der Waals surface area contributed by atoms with Crippen LogP contribution in [-0.4, -0.2) is 35.0 Å². The van der Waals surface area contributed by atoms with Gasteiger partial charge in [0.05, 0.1) is 6.10 Å². The Morgan fingerprint density at radius 3 is 2.59 bits per heavy atom. The number of nitrogens with zero attached hydrogens (tertiary/aromatic N) is 1. The van der Waals surface area contributed by atoms with Crippen molar-refractivity contribution in [2.75, 3.05) is 13.1 Å². The topological polar surface area (TPSA) is 40.5 Å². The molecule has 3 heteroatoms. The fraction of sp³-hybridized carbons (Fsp3) is 0.792. The number of allylic oxidation sites excluding steroid dienone is 2. The molecule has 148 valence electrons. The molecule has 6 unspecified atom stereocenters. The van der Waals surface area contributed by atoms with E-state index in [1.54, 1.807) is 0 Å². The zero-order valence-electron chi connectivity index (χ0n) is 17.0. The first-order chi connectivity index (χ1) is 12.9. The summed E-state index contributed by atoms with van der Waals surface area (Å²) in [4.78, 5) is 15.8. The summed E-state index contributed by atoms with van der Waals surface area (Å²) in [5.74, 6) is 2.30. The van der Waals surface area contributed by atoms with Crippen molar-refractivity contribution in [3.05, 3.63) is 23.4 Å². The molecule has 0 aromatic rings. The van der Waals surface area contributed by atoms with Gasteiger partial charge in [0, 0.05) is 30.3 Å². The Morgan fingerprint density at radius 2 is 1.81 bits per heavy atom. The Morgan fingerprint density at radius 1 is 1.07 bits per heavy atom. The molecule has 0 bridgehead atoms. The SMILES string of the molecule is CC12CCC3C(CC=C4CC(O)CCC43C)C1C/C(=C/N1CCCC1)C2=O. The van der Waals surface area contributed by atoms with Gasteiger partial charge in [-0.3, -0.25) is 4.79 Å². The third-order valence-electron chi connectivity index (χ3n) is 9.20. The molecule has 0 spiro atoms. The highest BCUT2D eigenvalue weighted by atomic mass is 16.3. The van der Waals surface area contributed by atoms with E-state index in [1.165, 1.54) is 24.8 Å². The number of hydrogen-bond donors (Lipinski definition) is 1. The van der Waals surface area contributed by atoms with Gasteiger partial charge in [-0.25, -0.2) is 0 Å². The minimum Gasteiger partial charge on any atom is -0.393 e. The number of aliphatic hydroxyl groups is 1. The van der Waals surface area contributed by atoms with Gasteiger partial charge in [0.15, 0.2) is 5.78 Å². The number of likely N-dealkylation sites (tertiary alicyclic amines) is 1. The van der Waals surface area contributed by atoms with Crippen LogP contribution in [0.2, 0.25) is 0 Å². The molecule has 0 aromatic heterocycles. The van der Waals surface area contributed by atoms with Crippen LogP contribution >= 0.6 is 0 Å². The molecular formula is C24H35NO2. The summed E-state index contributed by atoms with van der Waals surface area (Å²) >= 11 is 0. The monoisotopic (exact) mass is 369 g/mol. The summed E-state index contributed by atoms with van der Waals surface area (Å²) in [5, 5.41) is 10.2. The van der Waals surface area contributed by atoms with E-state index in [4.69, 9.17) is 0 Å². The largest absolute Gasteiger partial charge is 0.393 e. The number of carbonyl (C=O) groups is 1. The third-order valence-corrected chi connectivity index (χ3v) is 9.20. The molecule has 1 aliphatic heterocycles. The molecule has 5 rings (SSSR count). The summed E-state index contributed by atoms with van der Waals surface area (Å²) in [7, 11) is 0. The van der Waals surface area contributed by atoms with Gasteiger partial charge in [-0.15, -0.1) is 0 Å². The number of hydrogen-bond acceptors (Lipinski definition) is 3. The van der Waals surface area contributed by atoms with Crippen molar-refractivity contribution < 1.29 is 9.90 Å². The maximum absolute atomic E-state index is 13.4. The molecule has 1 saturated heterocycles. The van der Waals surface area contributed by atoms with Gasteiger partial charge >= 0.3 is 0 Å². The lowest BCUT2D eigenvalue weighted by Crippen LogP contribution is -2.50. The normalized spacial score (nSPS) is 48.3. The first-order valence-corrected chi connectivity index (χ1v) is 11.3. The molecule has 1 N–H and O–H groups in total. The summed E-state index contributed by atoms with van der Waals surface area (Å²) in [6.45, 7) is 6.97. The van der Waals surface area contributed by atoms with Gasteiger partial charge in [0.25, 0.3) is 0 Å². The molecule has 4 aliphatic carbocycles. The van der Waals surface area contributed by atoms with Crippen LogP contribution in [0.15, 0.2) is 23.4 Å². The second kappa shape index (κ2) is 6.20. The predicted octanol–water partition coefficient (Wildman–Crippen LogP) is 4.47. The summed E-state index contributed by atoms with van der Waals surface area (Å²) < 4.78 is 0. The highest BCUT2D eigenvalue weighted by Crippen LogP contribution is 2.64. The lowest BCUT2D eigenvalue weighted by molar-refractivity contribution is -0.130. The van der Waals surface area contributed by atoms with Gasteiger partial charge in [0.2, 0.25) is 0 Å². The number of Topliss-reactive ketones (excluding diaryl/α,β-unsaturated/α-hetero) is 1. The van der Waals surface area contributed by atoms with Crippen molar-refractivity contribution in [3.63, 3.8) is 0 Å². The molecule has 3 nitrogen and oxygen atoms in total. The lowest BCUT2D eigenvalue weighted by atomic mass is 9.48. The molecule has 3 saturated carbocycles. The van der Waals surface area contributed by atoms with E-state index in [9.17, 15) is 9.90 Å².